The summed E-state index contributed by atoms with van der Waals surface area (Å²) >= 11 is 0. The van der Waals surface area contributed by atoms with Gasteiger partial charge in [-0.25, -0.2) is 4.79 Å². The number of carboxylic acids is 1. The fourth-order valence-corrected chi connectivity index (χ4v) is 6.03. The molecule has 15 heteroatoms. The van der Waals surface area contributed by atoms with Crippen molar-refractivity contribution in [2.24, 2.45) is 5.92 Å². The third kappa shape index (κ3) is 12.8. The number of ether oxygens (including phenoxy) is 2. The Labute approximate surface area is 378 Å². The number of amides is 3. The molecular formula is C46H46N3O11Y-. The second kappa shape index (κ2) is 23.4. The molecule has 14 nitrogen and oxygen atoms in total. The van der Waals surface area contributed by atoms with E-state index < -0.39 is 46.7 Å². The van der Waals surface area contributed by atoms with Crippen LogP contribution in [0.25, 0.3) is 0 Å². The van der Waals surface area contributed by atoms with Crippen LogP contribution < -0.4 is 25.4 Å². The van der Waals surface area contributed by atoms with Crippen molar-refractivity contribution in [3.63, 3.8) is 0 Å². The quantitative estimate of drug-likeness (QED) is 0.0392. The van der Waals surface area contributed by atoms with E-state index >= 15 is 0 Å². The molecule has 0 aromatic heterocycles. The Morgan fingerprint density at radius 2 is 1.11 bits per heavy atom. The van der Waals surface area contributed by atoms with Crippen LogP contribution in [0.4, 0.5) is 17.1 Å². The van der Waals surface area contributed by atoms with Crippen LogP contribution >= 0.6 is 0 Å². The third-order valence-corrected chi connectivity index (χ3v) is 9.12. The number of methoxy groups -OCH3 is 2. The zero-order valence-corrected chi connectivity index (χ0v) is 37.1. The van der Waals surface area contributed by atoms with Crippen LogP contribution in [0, 0.1) is 12.3 Å². The van der Waals surface area contributed by atoms with Crippen LogP contribution in [0.1, 0.15) is 79.8 Å². The maximum Gasteiger partial charge on any atom is 0.339 e. The molecule has 0 aliphatic carbocycles. The normalized spacial score (nSPS) is 10.7. The Balaban J connectivity index is 0.00000326. The number of carbonyl (C=O) groups excluding carboxylic acids is 5. The van der Waals surface area contributed by atoms with E-state index in [0.717, 1.165) is 17.2 Å². The number of hydrogen-bond donors (Lipinski definition) is 6. The van der Waals surface area contributed by atoms with Gasteiger partial charge >= 0.3 is 5.97 Å². The number of anilines is 3. The molecule has 0 spiro atoms. The van der Waals surface area contributed by atoms with Gasteiger partial charge in [0.25, 0.3) is 11.8 Å². The maximum absolute atomic E-state index is 13.2. The summed E-state index contributed by atoms with van der Waals surface area (Å²) < 4.78 is 10.4. The molecule has 1 unspecified atom stereocenters. The fraction of sp³-hybridized carbons (Fsp3) is 0.196. The minimum atomic E-state index is -1.41. The van der Waals surface area contributed by atoms with Gasteiger partial charge in [0.15, 0.2) is 34.7 Å². The van der Waals surface area contributed by atoms with Crippen molar-refractivity contribution in [3.05, 3.63) is 143 Å². The molecule has 0 bridgehead atoms. The molecule has 3 amide bonds. The number of phenolic OH excluding ortho intramolecular Hbond substituents is 1. The van der Waals surface area contributed by atoms with E-state index in [9.17, 15) is 44.1 Å². The number of phenols is 2. The second-order valence-electron chi connectivity index (χ2n) is 13.0. The van der Waals surface area contributed by atoms with E-state index in [1.54, 1.807) is 37.6 Å². The molecule has 0 saturated carbocycles. The Morgan fingerprint density at radius 3 is 1.64 bits per heavy atom. The van der Waals surface area contributed by atoms with E-state index in [0.29, 0.717) is 17.7 Å². The van der Waals surface area contributed by atoms with Crippen molar-refractivity contribution in [2.45, 2.75) is 40.0 Å². The van der Waals surface area contributed by atoms with Gasteiger partial charge in [-0.3, -0.25) is 24.0 Å². The zero-order chi connectivity index (χ0) is 43.9. The minimum absolute atomic E-state index is 0. The summed E-state index contributed by atoms with van der Waals surface area (Å²) in [5.74, 6) is -6.11. The molecular weight excluding hydrogens is 859 g/mol. The summed E-state index contributed by atoms with van der Waals surface area (Å²) in [6, 6.07) is 27.0. The van der Waals surface area contributed by atoms with Gasteiger partial charge in [0.2, 0.25) is 0 Å². The topological polar surface area (TPSA) is 218 Å². The SMILES string of the molecule is CC.C[CH-]C(CC(=O)c1ccc(CC(=O)Cc2ccccc2)cc1)C(=O)Nc1ccc(C(=O)Nc2ccc(C(=O)Nc3ccc(C(=O)O)c(O)c3OC)c(O)c2OC)cc1.[Y]. The molecule has 0 aliphatic rings. The first kappa shape index (κ1) is 49.0. The Morgan fingerprint density at radius 1 is 0.623 bits per heavy atom. The third-order valence-electron chi connectivity index (χ3n) is 9.12. The largest absolute Gasteiger partial charge is 0.504 e. The molecule has 0 fully saturated rings. The predicted octanol–water partition coefficient (Wildman–Crippen LogP) is 7.75. The van der Waals surface area contributed by atoms with Crippen molar-refractivity contribution in [2.75, 3.05) is 30.2 Å². The Kier molecular flexibility index (Phi) is 18.8. The van der Waals surface area contributed by atoms with E-state index in [1.807, 2.05) is 44.2 Å². The number of hydrogen-bond acceptors (Lipinski definition) is 10. The van der Waals surface area contributed by atoms with Gasteiger partial charge in [0.1, 0.15) is 11.3 Å². The molecule has 5 aromatic carbocycles. The molecule has 0 saturated heterocycles. The molecule has 0 heterocycles. The molecule has 315 valence electrons. The van der Waals surface area contributed by atoms with Crippen molar-refractivity contribution in [1.29, 1.82) is 0 Å². The Bertz CT molecular complexity index is 2350. The van der Waals surface area contributed by atoms with Crippen LogP contribution in [0.5, 0.6) is 23.0 Å². The average Bonchev–Trinajstić information content (AvgIpc) is 3.24. The molecule has 5 rings (SSSR count). The van der Waals surface area contributed by atoms with Crippen LogP contribution in [-0.4, -0.2) is 64.8 Å². The molecule has 5 aromatic rings. The summed E-state index contributed by atoms with van der Waals surface area (Å²) in [6.07, 6.45) is 2.11. The van der Waals surface area contributed by atoms with Gasteiger partial charge in [-0.05, 0) is 66.1 Å². The molecule has 6 N–H and O–H groups in total. The number of aromatic carboxylic acids is 1. The number of Topliss-reactive ketones (excluding diaryl/α,β-unsaturated/α-hetero) is 2. The zero-order valence-electron chi connectivity index (χ0n) is 34.3. The summed E-state index contributed by atoms with van der Waals surface area (Å²) in [5.41, 5.74) is 1.92. The first-order chi connectivity index (χ1) is 28.8. The first-order valence-corrected chi connectivity index (χ1v) is 18.9. The van der Waals surface area contributed by atoms with Gasteiger partial charge in [0.05, 0.1) is 31.2 Å². The van der Waals surface area contributed by atoms with Gasteiger partial charge in [0, 0.05) is 62.4 Å². The first-order valence-electron chi connectivity index (χ1n) is 18.9. The number of aromatic hydroxyl groups is 2. The van der Waals surface area contributed by atoms with Gasteiger partial charge in [-0.1, -0.05) is 74.4 Å². The van der Waals surface area contributed by atoms with Crippen molar-refractivity contribution >= 4 is 52.3 Å². The summed E-state index contributed by atoms with van der Waals surface area (Å²) in [4.78, 5) is 76.4. The Hall–Kier alpha value is -6.38. The minimum Gasteiger partial charge on any atom is -0.504 e. The summed E-state index contributed by atoms with van der Waals surface area (Å²) in [5, 5.41) is 38.3. The van der Waals surface area contributed by atoms with E-state index in [1.165, 1.54) is 56.7 Å². The van der Waals surface area contributed by atoms with Gasteiger partial charge < -0.3 is 47.2 Å². The summed E-state index contributed by atoms with van der Waals surface area (Å²) in [7, 11) is 2.39. The van der Waals surface area contributed by atoms with Gasteiger partial charge in [-0.15, -0.1) is 0 Å². The smallest absolute Gasteiger partial charge is 0.339 e. The van der Waals surface area contributed by atoms with E-state index in [4.69, 9.17) is 9.47 Å². The molecule has 0 aliphatic heterocycles. The van der Waals surface area contributed by atoms with Crippen molar-refractivity contribution < 1.29 is 86.3 Å². The van der Waals surface area contributed by atoms with E-state index in [-0.39, 0.29) is 91.1 Å². The van der Waals surface area contributed by atoms with Crippen LogP contribution in [0.2, 0.25) is 0 Å². The maximum atomic E-state index is 13.2. The number of nitrogens with one attached hydrogen (secondary N) is 3. The number of benzene rings is 5. The average molecular weight is 906 g/mol. The number of rotatable bonds is 17. The van der Waals surface area contributed by atoms with E-state index in [2.05, 4.69) is 16.0 Å². The predicted molar refractivity (Wildman–Crippen MR) is 226 cm³/mol. The number of carbonyl (C=O) groups is 6. The van der Waals surface area contributed by atoms with Crippen molar-refractivity contribution in [1.82, 2.24) is 0 Å². The monoisotopic (exact) mass is 905 g/mol. The van der Waals surface area contributed by atoms with Gasteiger partial charge in [-0.2, -0.15) is 6.92 Å². The standard InChI is InChI=1S/C44H40N3O11.C2H6.Y/c1-4-27(24-36(49)28-12-10-26(11-13-28)23-31(48)22-25-8-6-5-7-9-25)41(52)45-30-16-14-29(15-17-30)42(53)46-34-20-18-32(37(50)39(34)57-2)43(54)47-35-21-19-33(44(55)56)38(51)40(35)58-3;1-2;/h4-21,27,50-51H,22-24H2,1-3H3,(H,45,52)(H,46,53)(H,47,54)(H,55,56);1-2H3;/q-1;;. The van der Waals surface area contributed by atoms with Crippen molar-refractivity contribution in [3.8, 4) is 23.0 Å². The fourth-order valence-electron chi connectivity index (χ4n) is 6.03. The number of carboxylic acid groups (broad SMARTS) is 1. The second-order valence-corrected chi connectivity index (χ2v) is 13.0. The van der Waals surface area contributed by atoms with Crippen LogP contribution in [0.3, 0.4) is 0 Å². The van der Waals surface area contributed by atoms with Crippen LogP contribution in [-0.2, 0) is 55.1 Å². The molecule has 1 atom stereocenters. The molecule has 1 radical (unpaired) electrons. The molecule has 61 heavy (non-hydrogen) atoms. The number of ketones is 2. The van der Waals surface area contributed by atoms with Crippen LogP contribution in [0.15, 0.2) is 103 Å². The summed E-state index contributed by atoms with van der Waals surface area (Å²) in [6.45, 7) is 5.68.